The number of benzene rings is 3. The molecule has 5 nitrogen and oxygen atoms in total. The number of carbonyl (C=O) groups excluding carboxylic acids is 1. The Morgan fingerprint density at radius 3 is 2.74 bits per heavy atom. The van der Waals surface area contributed by atoms with Gasteiger partial charge in [0.05, 0.1) is 34.8 Å². The van der Waals surface area contributed by atoms with E-state index in [2.05, 4.69) is 22.0 Å². The number of carbonyl (C=O) groups is 1. The summed E-state index contributed by atoms with van der Waals surface area (Å²) in [7, 11) is 1.41. The lowest BCUT2D eigenvalue weighted by Crippen LogP contribution is -2.48. The van der Waals surface area contributed by atoms with Gasteiger partial charge in [-0.3, -0.25) is 9.69 Å². The highest BCUT2D eigenvalue weighted by Gasteiger charge is 2.42. The van der Waals surface area contributed by atoms with Gasteiger partial charge in [0.2, 0.25) is 0 Å². The number of aromatic nitrogens is 1. The van der Waals surface area contributed by atoms with Crippen LogP contribution in [0.1, 0.15) is 34.0 Å². The number of halogens is 2. The number of H-pyrrole nitrogens is 1. The Labute approximate surface area is 207 Å². The van der Waals surface area contributed by atoms with E-state index in [9.17, 15) is 10.1 Å². The van der Waals surface area contributed by atoms with Crippen LogP contribution in [0, 0.1) is 11.3 Å². The van der Waals surface area contributed by atoms with Crippen LogP contribution in [0.25, 0.3) is 10.9 Å². The first-order chi connectivity index (χ1) is 16.5. The minimum Gasteiger partial charge on any atom is -0.468 e. The second kappa shape index (κ2) is 9.15. The van der Waals surface area contributed by atoms with Gasteiger partial charge in [-0.05, 0) is 41.0 Å². The van der Waals surface area contributed by atoms with Gasteiger partial charge in [0, 0.05) is 29.6 Å². The van der Waals surface area contributed by atoms with Gasteiger partial charge in [0.15, 0.2) is 0 Å². The van der Waals surface area contributed by atoms with E-state index in [1.807, 2.05) is 48.5 Å². The third-order valence-corrected chi connectivity index (χ3v) is 7.25. The molecule has 0 amide bonds. The molecule has 7 heteroatoms. The molecule has 0 saturated heterocycles. The minimum absolute atomic E-state index is 0.324. The zero-order chi connectivity index (χ0) is 23.8. The number of hydrogen-bond acceptors (Lipinski definition) is 4. The largest absolute Gasteiger partial charge is 0.468 e. The van der Waals surface area contributed by atoms with E-state index in [-0.39, 0.29) is 12.0 Å². The summed E-state index contributed by atoms with van der Waals surface area (Å²) in [4.78, 5) is 18.8. The van der Waals surface area contributed by atoms with E-state index < -0.39 is 6.04 Å². The Bertz CT molecular complexity index is 1440. The predicted octanol–water partition coefficient (Wildman–Crippen LogP) is 6.04. The Morgan fingerprint density at radius 1 is 1.15 bits per heavy atom. The van der Waals surface area contributed by atoms with E-state index in [0.717, 1.165) is 33.3 Å². The first kappa shape index (κ1) is 22.5. The molecular weight excluding hydrogens is 469 g/mol. The van der Waals surface area contributed by atoms with Crippen LogP contribution >= 0.6 is 23.2 Å². The van der Waals surface area contributed by atoms with Crippen LogP contribution in [0.3, 0.4) is 0 Å². The fraction of sp³-hybridized carbons (Fsp3) is 0.185. The molecule has 1 aliphatic heterocycles. The van der Waals surface area contributed by atoms with Gasteiger partial charge in [-0.1, -0.05) is 65.7 Å². The number of para-hydroxylation sites is 1. The number of fused-ring (bicyclic) bond motifs is 3. The van der Waals surface area contributed by atoms with Gasteiger partial charge in [-0.2, -0.15) is 5.26 Å². The van der Waals surface area contributed by atoms with E-state index >= 15 is 0 Å². The molecule has 0 fully saturated rings. The average molecular weight is 490 g/mol. The zero-order valence-electron chi connectivity index (χ0n) is 18.4. The monoisotopic (exact) mass is 489 g/mol. The number of methoxy groups -OCH3 is 1. The molecule has 5 rings (SSSR count). The first-order valence-electron chi connectivity index (χ1n) is 10.9. The molecule has 0 bridgehead atoms. The maximum Gasteiger partial charge on any atom is 0.323 e. The highest BCUT2D eigenvalue weighted by Crippen LogP contribution is 2.45. The number of nitriles is 1. The van der Waals surface area contributed by atoms with E-state index in [4.69, 9.17) is 27.9 Å². The highest BCUT2D eigenvalue weighted by atomic mass is 35.5. The number of hydrogen-bond donors (Lipinski definition) is 1. The molecule has 1 aliphatic rings. The predicted molar refractivity (Wildman–Crippen MR) is 133 cm³/mol. The average Bonchev–Trinajstić information content (AvgIpc) is 3.23. The summed E-state index contributed by atoms with van der Waals surface area (Å²) in [5, 5.41) is 11.3. The van der Waals surface area contributed by atoms with Crippen LogP contribution in [0.15, 0.2) is 66.7 Å². The van der Waals surface area contributed by atoms with Gasteiger partial charge >= 0.3 is 5.97 Å². The highest BCUT2D eigenvalue weighted by molar-refractivity contribution is 6.42. The molecule has 0 radical (unpaired) electrons. The van der Waals surface area contributed by atoms with Crippen LogP contribution in [0.4, 0.5) is 0 Å². The zero-order valence-corrected chi connectivity index (χ0v) is 19.9. The fourth-order valence-corrected chi connectivity index (χ4v) is 5.31. The molecule has 1 aromatic heterocycles. The third-order valence-electron chi connectivity index (χ3n) is 6.42. The van der Waals surface area contributed by atoms with E-state index in [0.29, 0.717) is 28.6 Å². The molecular formula is C27H21Cl2N3O2. The Balaban J connectivity index is 1.74. The topological polar surface area (TPSA) is 69.1 Å². The second-order valence-electron chi connectivity index (χ2n) is 8.34. The molecule has 34 heavy (non-hydrogen) atoms. The molecule has 0 saturated carbocycles. The van der Waals surface area contributed by atoms with E-state index in [1.54, 1.807) is 12.1 Å². The summed E-state index contributed by atoms with van der Waals surface area (Å²) in [6.45, 7) is 0.414. The normalized spacial score (nSPS) is 17.8. The Kier molecular flexibility index (Phi) is 6.05. The lowest BCUT2D eigenvalue weighted by molar-refractivity contribution is -0.148. The summed E-state index contributed by atoms with van der Waals surface area (Å²) >= 11 is 13.2. The lowest BCUT2D eigenvalue weighted by atomic mass is 9.87. The smallest absolute Gasteiger partial charge is 0.323 e. The minimum atomic E-state index is -0.553. The SMILES string of the molecule is COC(=O)[C@H]1Cc2c([nH]c3ccccc23)[C@H](c2cccc(Cl)c2Cl)N1Cc1cccc(C#N)c1. The summed E-state index contributed by atoms with van der Waals surface area (Å²) < 4.78 is 5.24. The van der Waals surface area contributed by atoms with Crippen LogP contribution in [-0.2, 0) is 22.5 Å². The number of nitrogens with one attached hydrogen (secondary N) is 1. The number of rotatable bonds is 4. The number of aromatic amines is 1. The summed E-state index contributed by atoms with van der Waals surface area (Å²) in [5.74, 6) is -0.324. The van der Waals surface area contributed by atoms with Gasteiger partial charge in [-0.25, -0.2) is 0 Å². The van der Waals surface area contributed by atoms with E-state index in [1.165, 1.54) is 7.11 Å². The molecule has 4 aromatic rings. The Hall–Kier alpha value is -3.30. The van der Waals surface area contributed by atoms with Crippen LogP contribution in [-0.4, -0.2) is 29.0 Å². The van der Waals surface area contributed by atoms with Crippen molar-refractivity contribution in [2.45, 2.75) is 25.0 Å². The van der Waals surface area contributed by atoms with Crippen molar-refractivity contribution in [1.82, 2.24) is 9.88 Å². The summed E-state index contributed by atoms with van der Waals surface area (Å²) in [6, 6.07) is 22.3. The summed E-state index contributed by atoms with van der Waals surface area (Å²) in [5.41, 5.74) is 5.30. The number of ether oxygens (including phenoxy) is 1. The maximum atomic E-state index is 13.1. The third kappa shape index (κ3) is 3.84. The van der Waals surface area contributed by atoms with Gasteiger partial charge in [0.1, 0.15) is 6.04 Å². The molecule has 0 spiro atoms. The quantitative estimate of drug-likeness (QED) is 0.355. The van der Waals surface area contributed by atoms with Crippen molar-refractivity contribution in [1.29, 1.82) is 5.26 Å². The van der Waals surface area contributed by atoms with Crippen molar-refractivity contribution in [3.05, 3.63) is 105 Å². The molecule has 0 aliphatic carbocycles. The maximum absolute atomic E-state index is 13.1. The van der Waals surface area contributed by atoms with Crippen molar-refractivity contribution in [3.8, 4) is 6.07 Å². The molecule has 2 atom stereocenters. The fourth-order valence-electron chi connectivity index (χ4n) is 4.90. The van der Waals surface area contributed by atoms with Gasteiger partial charge in [0.25, 0.3) is 0 Å². The van der Waals surface area contributed by atoms with Crippen LogP contribution < -0.4 is 0 Å². The van der Waals surface area contributed by atoms with Crippen molar-refractivity contribution in [2.75, 3.05) is 7.11 Å². The van der Waals surface area contributed by atoms with Crippen LogP contribution in [0.5, 0.6) is 0 Å². The number of nitrogens with zero attached hydrogens (tertiary/aromatic N) is 2. The Morgan fingerprint density at radius 2 is 1.94 bits per heavy atom. The van der Waals surface area contributed by atoms with Crippen molar-refractivity contribution in [3.63, 3.8) is 0 Å². The molecule has 3 aromatic carbocycles. The molecule has 2 heterocycles. The van der Waals surface area contributed by atoms with Gasteiger partial charge < -0.3 is 9.72 Å². The molecule has 1 N–H and O–H groups in total. The number of esters is 1. The standard InChI is InChI=1S/C27H21Cl2N3O2/c1-34-27(33)23-13-20-18-8-2-3-11-22(18)31-25(20)26(19-9-5-10-21(28)24(19)29)32(23)15-17-7-4-6-16(12-17)14-30/h2-12,23,26,31H,13,15H2,1H3/t23-,26+/m1/s1. The van der Waals surface area contributed by atoms with Crippen molar-refractivity contribution < 1.29 is 9.53 Å². The summed E-state index contributed by atoms with van der Waals surface area (Å²) in [6.07, 6.45) is 0.485. The lowest BCUT2D eigenvalue weighted by Gasteiger charge is -2.41. The molecule has 170 valence electrons. The first-order valence-corrected chi connectivity index (χ1v) is 11.6. The van der Waals surface area contributed by atoms with Crippen molar-refractivity contribution in [2.24, 2.45) is 0 Å². The second-order valence-corrected chi connectivity index (χ2v) is 9.12. The van der Waals surface area contributed by atoms with Crippen molar-refractivity contribution >= 4 is 40.1 Å². The molecule has 0 unspecified atom stereocenters. The van der Waals surface area contributed by atoms with Gasteiger partial charge in [-0.15, -0.1) is 0 Å². The van der Waals surface area contributed by atoms with Crippen LogP contribution in [0.2, 0.25) is 10.0 Å².